The molecule has 1 saturated heterocycles. The van der Waals surface area contributed by atoms with Gasteiger partial charge in [0.05, 0.1) is 17.4 Å². The predicted octanol–water partition coefficient (Wildman–Crippen LogP) is 2.33. The smallest absolute Gasteiger partial charge is 0.224 e. The number of carbonyl (C=O) groups excluding carboxylic acids is 1. The second-order valence-electron chi connectivity index (χ2n) is 6.90. The average molecular weight is 357 g/mol. The van der Waals surface area contributed by atoms with Crippen molar-refractivity contribution in [3.63, 3.8) is 0 Å². The average Bonchev–Trinajstić information content (AvgIpc) is 3.12. The zero-order chi connectivity index (χ0) is 17.4. The van der Waals surface area contributed by atoms with Gasteiger partial charge in [-0.15, -0.1) is 0 Å². The minimum atomic E-state index is -3.14. The molecule has 1 atom stereocenters. The van der Waals surface area contributed by atoms with Crippen molar-refractivity contribution in [2.45, 2.75) is 37.5 Å². The lowest BCUT2D eigenvalue weighted by Crippen LogP contribution is -2.42. The van der Waals surface area contributed by atoms with Crippen molar-refractivity contribution in [2.75, 3.05) is 18.1 Å². The molecule has 0 aromatic heterocycles. The number of hydrogen-bond donors (Lipinski definition) is 1. The number of carbonyl (C=O) groups is 1. The number of hydrogen-bond acceptors (Lipinski definition) is 3. The number of halogens is 2. The first-order chi connectivity index (χ1) is 11.3. The van der Waals surface area contributed by atoms with E-state index in [9.17, 15) is 22.0 Å². The van der Waals surface area contributed by atoms with Crippen LogP contribution >= 0.6 is 0 Å². The fourth-order valence-corrected chi connectivity index (χ4v) is 5.72. The van der Waals surface area contributed by atoms with Crippen molar-refractivity contribution >= 4 is 15.7 Å². The Morgan fingerprint density at radius 2 is 1.83 bits per heavy atom. The molecule has 2 fully saturated rings. The van der Waals surface area contributed by atoms with E-state index in [0.717, 1.165) is 12.8 Å². The van der Waals surface area contributed by atoms with Crippen molar-refractivity contribution in [2.24, 2.45) is 5.92 Å². The Kier molecular flexibility index (Phi) is 4.64. The number of amides is 1. The summed E-state index contributed by atoms with van der Waals surface area (Å²) in [6.45, 7) is 0.139. The normalized spacial score (nSPS) is 24.8. The number of nitrogens with one attached hydrogen (secondary N) is 1. The number of rotatable bonds is 4. The van der Waals surface area contributed by atoms with Crippen LogP contribution in [0.1, 0.15) is 37.7 Å². The highest BCUT2D eigenvalue weighted by molar-refractivity contribution is 7.91. The van der Waals surface area contributed by atoms with E-state index in [0.29, 0.717) is 19.3 Å². The van der Waals surface area contributed by atoms with Gasteiger partial charge >= 0.3 is 0 Å². The predicted molar refractivity (Wildman–Crippen MR) is 86.3 cm³/mol. The second-order valence-corrected chi connectivity index (χ2v) is 9.13. The molecule has 2 aliphatic rings. The summed E-state index contributed by atoms with van der Waals surface area (Å²) in [5, 5.41) is 2.76. The minimum absolute atomic E-state index is 0.0260. The summed E-state index contributed by atoms with van der Waals surface area (Å²) in [6, 6.07) is 3.81. The van der Waals surface area contributed by atoms with E-state index in [1.165, 1.54) is 18.2 Å². The van der Waals surface area contributed by atoms with Crippen molar-refractivity contribution in [1.82, 2.24) is 5.32 Å². The highest BCUT2D eigenvalue weighted by atomic mass is 32.2. The fourth-order valence-electron chi connectivity index (χ4n) is 3.97. The van der Waals surface area contributed by atoms with Gasteiger partial charge in [0.1, 0.15) is 11.6 Å². The van der Waals surface area contributed by atoms with Crippen LogP contribution in [0.15, 0.2) is 18.2 Å². The van der Waals surface area contributed by atoms with E-state index in [-0.39, 0.29) is 29.5 Å². The van der Waals surface area contributed by atoms with Gasteiger partial charge in [-0.25, -0.2) is 17.2 Å². The maximum atomic E-state index is 14.2. The van der Waals surface area contributed by atoms with Crippen LogP contribution in [0.25, 0.3) is 0 Å². The molecule has 24 heavy (non-hydrogen) atoms. The minimum Gasteiger partial charge on any atom is -0.355 e. The van der Waals surface area contributed by atoms with Crippen LogP contribution in [-0.4, -0.2) is 32.4 Å². The third kappa shape index (κ3) is 3.31. The van der Waals surface area contributed by atoms with Crippen molar-refractivity contribution < 1.29 is 22.0 Å². The molecule has 132 valence electrons. The van der Waals surface area contributed by atoms with Crippen molar-refractivity contribution in [1.29, 1.82) is 0 Å². The Morgan fingerprint density at radius 3 is 2.38 bits per heavy atom. The Bertz CT molecular complexity index is 722. The Balaban J connectivity index is 1.77. The number of benzene rings is 1. The van der Waals surface area contributed by atoms with E-state index in [2.05, 4.69) is 5.32 Å². The van der Waals surface area contributed by atoms with Gasteiger partial charge in [-0.2, -0.15) is 0 Å². The first kappa shape index (κ1) is 17.3. The van der Waals surface area contributed by atoms with Gasteiger partial charge in [-0.05, 0) is 31.4 Å². The first-order valence-electron chi connectivity index (χ1n) is 8.26. The third-order valence-electron chi connectivity index (χ3n) is 5.26. The quantitative estimate of drug-likeness (QED) is 0.900. The summed E-state index contributed by atoms with van der Waals surface area (Å²) in [5.74, 6) is -2.18. The molecule has 0 bridgehead atoms. The molecular weight excluding hydrogens is 336 g/mol. The lowest BCUT2D eigenvalue weighted by Gasteiger charge is -2.31. The lowest BCUT2D eigenvalue weighted by molar-refractivity contribution is -0.124. The summed E-state index contributed by atoms with van der Waals surface area (Å²) >= 11 is 0. The fraction of sp³-hybridized carbons (Fsp3) is 0.588. The SMILES string of the molecule is O=C(NCC1(c2c(F)cccc2F)CCCC1)C1CCS(=O)(=O)C1. The molecule has 3 rings (SSSR count). The molecule has 1 aliphatic heterocycles. The molecule has 1 amide bonds. The molecule has 1 aliphatic carbocycles. The topological polar surface area (TPSA) is 63.2 Å². The monoisotopic (exact) mass is 357 g/mol. The van der Waals surface area contributed by atoms with Crippen molar-refractivity contribution in [3.8, 4) is 0 Å². The van der Waals surface area contributed by atoms with E-state index in [1.807, 2.05) is 0 Å². The summed E-state index contributed by atoms with van der Waals surface area (Å²) in [7, 11) is -3.14. The molecule has 1 aromatic carbocycles. The molecule has 0 radical (unpaired) electrons. The molecule has 4 nitrogen and oxygen atoms in total. The molecular formula is C17H21F2NO3S. The van der Waals surface area contributed by atoms with Crippen LogP contribution in [0.4, 0.5) is 8.78 Å². The zero-order valence-electron chi connectivity index (χ0n) is 13.4. The summed E-state index contributed by atoms with van der Waals surface area (Å²) in [6.07, 6.45) is 3.22. The van der Waals surface area contributed by atoms with E-state index in [4.69, 9.17) is 0 Å². The third-order valence-corrected chi connectivity index (χ3v) is 7.03. The lowest BCUT2D eigenvalue weighted by atomic mass is 9.78. The van der Waals surface area contributed by atoms with Crippen LogP contribution in [0.5, 0.6) is 0 Å². The van der Waals surface area contributed by atoms with Gasteiger partial charge < -0.3 is 5.32 Å². The molecule has 1 unspecified atom stereocenters. The van der Waals surface area contributed by atoms with Gasteiger partial charge in [0.15, 0.2) is 9.84 Å². The van der Waals surface area contributed by atoms with Gasteiger partial charge in [0.25, 0.3) is 0 Å². The molecule has 7 heteroatoms. The zero-order valence-corrected chi connectivity index (χ0v) is 14.2. The van der Waals surface area contributed by atoms with Crippen molar-refractivity contribution in [3.05, 3.63) is 35.4 Å². The van der Waals surface area contributed by atoms with E-state index >= 15 is 0 Å². The Morgan fingerprint density at radius 1 is 1.21 bits per heavy atom. The second kappa shape index (κ2) is 6.43. The van der Waals surface area contributed by atoms with Gasteiger partial charge in [-0.1, -0.05) is 18.9 Å². The largest absolute Gasteiger partial charge is 0.355 e. The molecule has 1 heterocycles. The Labute approximate surface area is 140 Å². The number of sulfone groups is 1. The molecule has 1 saturated carbocycles. The van der Waals surface area contributed by atoms with Gasteiger partial charge in [-0.3, -0.25) is 4.79 Å². The molecule has 1 N–H and O–H groups in total. The highest BCUT2D eigenvalue weighted by Crippen LogP contribution is 2.42. The summed E-state index contributed by atoms with van der Waals surface area (Å²) in [4.78, 5) is 12.3. The van der Waals surface area contributed by atoms with E-state index in [1.54, 1.807) is 0 Å². The molecule has 1 aromatic rings. The van der Waals surface area contributed by atoms with E-state index < -0.39 is 32.8 Å². The standard InChI is InChI=1S/C17H21F2NO3S/c18-13-4-3-5-14(19)15(13)17(7-1-2-8-17)11-20-16(21)12-6-9-24(22,23)10-12/h3-5,12H,1-2,6-11H2,(H,20,21). The van der Waals surface area contributed by atoms with Crippen LogP contribution < -0.4 is 5.32 Å². The van der Waals surface area contributed by atoms with Gasteiger partial charge in [0.2, 0.25) is 5.91 Å². The molecule has 0 spiro atoms. The highest BCUT2D eigenvalue weighted by Gasteiger charge is 2.41. The maximum Gasteiger partial charge on any atom is 0.224 e. The van der Waals surface area contributed by atoms with Crippen LogP contribution in [0.2, 0.25) is 0 Å². The van der Waals surface area contributed by atoms with Crippen LogP contribution in [0.3, 0.4) is 0 Å². The summed E-state index contributed by atoms with van der Waals surface area (Å²) < 4.78 is 51.5. The van der Waals surface area contributed by atoms with Crippen LogP contribution in [-0.2, 0) is 20.0 Å². The first-order valence-corrected chi connectivity index (χ1v) is 10.1. The summed E-state index contributed by atoms with van der Waals surface area (Å²) in [5.41, 5.74) is -0.704. The Hall–Kier alpha value is -1.50. The van der Waals surface area contributed by atoms with Crippen LogP contribution in [0, 0.1) is 17.6 Å². The van der Waals surface area contributed by atoms with Gasteiger partial charge in [0, 0.05) is 17.5 Å². The maximum absolute atomic E-state index is 14.2.